The lowest BCUT2D eigenvalue weighted by Crippen LogP contribution is -2.36. The highest BCUT2D eigenvalue weighted by Crippen LogP contribution is 2.40. The van der Waals surface area contributed by atoms with E-state index in [9.17, 15) is 0 Å². The molecule has 0 spiro atoms. The van der Waals surface area contributed by atoms with Crippen LogP contribution in [0.3, 0.4) is 0 Å². The molecule has 0 bridgehead atoms. The van der Waals surface area contributed by atoms with Crippen molar-refractivity contribution in [1.29, 1.82) is 0 Å². The summed E-state index contributed by atoms with van der Waals surface area (Å²) in [7, 11) is 2.06. The fraction of sp³-hybridized carbons (Fsp3) is 0.625. The molecule has 8 nitrogen and oxygen atoms in total. The van der Waals surface area contributed by atoms with Crippen LogP contribution in [0.2, 0.25) is 0 Å². The quantitative estimate of drug-likeness (QED) is 0.737. The molecule has 1 unspecified atom stereocenters. The molecule has 4 rings (SSSR count). The van der Waals surface area contributed by atoms with E-state index in [2.05, 4.69) is 56.8 Å². The molecular formula is C16H25N7O. The number of ether oxygens (including phenoxy) is 1. The molecule has 1 aromatic heterocycles. The van der Waals surface area contributed by atoms with Crippen molar-refractivity contribution in [2.45, 2.75) is 32.5 Å². The number of allylic oxidation sites excluding steroid dienone is 1. The number of nitrogens with zero attached hydrogens (tertiary/aromatic N) is 4. The van der Waals surface area contributed by atoms with Crippen LogP contribution in [-0.2, 0) is 0 Å². The molecule has 130 valence electrons. The lowest BCUT2D eigenvalue weighted by molar-refractivity contribution is 0.215. The van der Waals surface area contributed by atoms with Gasteiger partial charge in [-0.15, -0.1) is 0 Å². The number of fused-ring (bicyclic) bond motifs is 1. The Morgan fingerprint density at radius 3 is 2.96 bits per heavy atom. The molecule has 0 radical (unpaired) electrons. The summed E-state index contributed by atoms with van der Waals surface area (Å²) in [6.07, 6.45) is 2.85. The molecular weight excluding hydrogens is 306 g/mol. The first-order chi connectivity index (χ1) is 11.7. The normalized spacial score (nSPS) is 26.1. The van der Waals surface area contributed by atoms with E-state index in [1.54, 1.807) is 6.33 Å². The molecule has 0 amide bonds. The van der Waals surface area contributed by atoms with Crippen LogP contribution in [0.25, 0.3) is 0 Å². The Kier molecular flexibility index (Phi) is 3.93. The topological polar surface area (TPSA) is 77.6 Å². The number of likely N-dealkylation sites (N-methyl/N-ethyl adjacent to an activating group) is 1. The SMILES string of the molecule is CCN1NCC(C2Nc3c(O[C@H]4CCNC4)ncnc3N2C)=C1C. The summed E-state index contributed by atoms with van der Waals surface area (Å²) >= 11 is 0. The zero-order chi connectivity index (χ0) is 16.7. The van der Waals surface area contributed by atoms with Gasteiger partial charge in [0.1, 0.15) is 24.3 Å². The largest absolute Gasteiger partial charge is 0.471 e. The van der Waals surface area contributed by atoms with Crippen LogP contribution in [0.4, 0.5) is 11.5 Å². The molecule has 0 saturated carbocycles. The summed E-state index contributed by atoms with van der Waals surface area (Å²) in [5.41, 5.74) is 6.91. The zero-order valence-corrected chi connectivity index (χ0v) is 14.5. The predicted molar refractivity (Wildman–Crippen MR) is 92.8 cm³/mol. The second-order valence-electron chi connectivity index (χ2n) is 6.46. The van der Waals surface area contributed by atoms with Gasteiger partial charge in [0, 0.05) is 38.0 Å². The molecule has 1 saturated heterocycles. The lowest BCUT2D eigenvalue weighted by Gasteiger charge is -2.23. The molecule has 8 heteroatoms. The monoisotopic (exact) mass is 331 g/mol. The van der Waals surface area contributed by atoms with Gasteiger partial charge in [-0.2, -0.15) is 4.98 Å². The minimum Gasteiger partial charge on any atom is -0.471 e. The Balaban J connectivity index is 1.60. The van der Waals surface area contributed by atoms with Gasteiger partial charge in [-0.25, -0.2) is 10.4 Å². The van der Waals surface area contributed by atoms with Gasteiger partial charge in [-0.05, 0) is 26.8 Å². The van der Waals surface area contributed by atoms with Crippen molar-refractivity contribution in [3.8, 4) is 5.88 Å². The third kappa shape index (κ3) is 2.46. The van der Waals surface area contributed by atoms with Gasteiger partial charge in [0.25, 0.3) is 0 Å². The van der Waals surface area contributed by atoms with E-state index in [1.165, 1.54) is 11.3 Å². The zero-order valence-electron chi connectivity index (χ0n) is 14.5. The molecule has 0 aromatic carbocycles. The Labute approximate surface area is 142 Å². The van der Waals surface area contributed by atoms with Crippen molar-refractivity contribution in [3.63, 3.8) is 0 Å². The van der Waals surface area contributed by atoms with Crippen molar-refractivity contribution < 1.29 is 4.74 Å². The number of aromatic nitrogens is 2. The van der Waals surface area contributed by atoms with Crippen molar-refractivity contribution in [2.24, 2.45) is 0 Å². The summed E-state index contributed by atoms with van der Waals surface area (Å²) in [5, 5.41) is 9.08. The van der Waals surface area contributed by atoms with Crippen LogP contribution >= 0.6 is 0 Å². The van der Waals surface area contributed by atoms with E-state index < -0.39 is 0 Å². The highest BCUT2D eigenvalue weighted by atomic mass is 16.5. The van der Waals surface area contributed by atoms with E-state index in [-0.39, 0.29) is 12.3 Å². The fourth-order valence-electron chi connectivity index (χ4n) is 3.65. The average Bonchev–Trinajstić information content (AvgIpc) is 3.29. The number of hydrogen-bond acceptors (Lipinski definition) is 8. The Morgan fingerprint density at radius 2 is 2.25 bits per heavy atom. The molecule has 1 aromatic rings. The van der Waals surface area contributed by atoms with Crippen LogP contribution < -0.4 is 25.7 Å². The molecule has 0 aliphatic carbocycles. The summed E-state index contributed by atoms with van der Waals surface area (Å²) in [4.78, 5) is 11.0. The van der Waals surface area contributed by atoms with Crippen LogP contribution in [-0.4, -0.2) is 60.5 Å². The maximum atomic E-state index is 6.10. The van der Waals surface area contributed by atoms with E-state index >= 15 is 0 Å². The van der Waals surface area contributed by atoms with Crippen molar-refractivity contribution in [2.75, 3.05) is 43.4 Å². The van der Waals surface area contributed by atoms with Gasteiger partial charge < -0.3 is 25.3 Å². The van der Waals surface area contributed by atoms with E-state index in [1.807, 2.05) is 0 Å². The second-order valence-corrected chi connectivity index (χ2v) is 6.46. The van der Waals surface area contributed by atoms with Gasteiger partial charge >= 0.3 is 0 Å². The summed E-state index contributed by atoms with van der Waals surface area (Å²) < 4.78 is 6.10. The van der Waals surface area contributed by atoms with E-state index in [0.717, 1.165) is 44.1 Å². The second kappa shape index (κ2) is 6.10. The molecule has 1 fully saturated rings. The molecule has 3 N–H and O–H groups in total. The molecule has 24 heavy (non-hydrogen) atoms. The minimum absolute atomic E-state index is 0.0739. The van der Waals surface area contributed by atoms with Gasteiger partial charge in [0.15, 0.2) is 5.82 Å². The number of hydrogen-bond donors (Lipinski definition) is 3. The number of hydrazine groups is 1. The standard InChI is InChI=1S/C16H25N7O/c1-4-23-10(2)12(8-20-23)14-21-13-15(22(14)3)18-9-19-16(13)24-11-5-6-17-7-11/h9,11,14,17,20-21H,4-8H2,1-3H3/t11-,14?/m0/s1. The number of rotatable bonds is 4. The van der Waals surface area contributed by atoms with Crippen molar-refractivity contribution >= 4 is 11.5 Å². The summed E-state index contributed by atoms with van der Waals surface area (Å²) in [6, 6.07) is 0. The summed E-state index contributed by atoms with van der Waals surface area (Å²) in [5.74, 6) is 1.55. The molecule has 3 aliphatic rings. The van der Waals surface area contributed by atoms with Crippen molar-refractivity contribution in [1.82, 2.24) is 25.7 Å². The molecule has 4 heterocycles. The average molecular weight is 331 g/mol. The van der Waals surface area contributed by atoms with Crippen LogP contribution in [0.5, 0.6) is 5.88 Å². The van der Waals surface area contributed by atoms with E-state index in [4.69, 9.17) is 4.74 Å². The lowest BCUT2D eigenvalue weighted by atomic mass is 10.1. The van der Waals surface area contributed by atoms with Crippen LogP contribution in [0, 0.1) is 0 Å². The number of anilines is 2. The number of nitrogens with one attached hydrogen (secondary N) is 3. The maximum absolute atomic E-state index is 6.10. The first-order valence-electron chi connectivity index (χ1n) is 8.61. The van der Waals surface area contributed by atoms with Gasteiger partial charge in [0.2, 0.25) is 5.88 Å². The van der Waals surface area contributed by atoms with Gasteiger partial charge in [0.05, 0.1) is 0 Å². The Hall–Kier alpha value is -2.06. The molecule has 3 aliphatic heterocycles. The minimum atomic E-state index is 0.0739. The fourth-order valence-corrected chi connectivity index (χ4v) is 3.65. The maximum Gasteiger partial charge on any atom is 0.243 e. The first kappa shape index (κ1) is 15.5. The smallest absolute Gasteiger partial charge is 0.243 e. The Morgan fingerprint density at radius 1 is 1.38 bits per heavy atom. The third-order valence-electron chi connectivity index (χ3n) is 5.06. The van der Waals surface area contributed by atoms with Gasteiger partial charge in [-0.1, -0.05) is 0 Å². The van der Waals surface area contributed by atoms with Gasteiger partial charge in [-0.3, -0.25) is 0 Å². The summed E-state index contributed by atoms with van der Waals surface area (Å²) in [6.45, 7) is 7.96. The van der Waals surface area contributed by atoms with Crippen LogP contribution in [0.15, 0.2) is 17.6 Å². The Bertz CT molecular complexity index is 656. The van der Waals surface area contributed by atoms with Crippen LogP contribution in [0.1, 0.15) is 20.3 Å². The molecule has 2 atom stereocenters. The third-order valence-corrected chi connectivity index (χ3v) is 5.06. The highest BCUT2D eigenvalue weighted by molar-refractivity contribution is 5.77. The first-order valence-corrected chi connectivity index (χ1v) is 8.61. The highest BCUT2D eigenvalue weighted by Gasteiger charge is 2.36. The predicted octanol–water partition coefficient (Wildman–Crippen LogP) is 0.519. The van der Waals surface area contributed by atoms with E-state index in [0.29, 0.717) is 5.88 Å². The van der Waals surface area contributed by atoms with Crippen molar-refractivity contribution in [3.05, 3.63) is 17.6 Å².